The minimum absolute atomic E-state index is 0.419. The molecule has 5 heteroatoms. The number of ether oxygens (including phenoxy) is 1. The quantitative estimate of drug-likeness (QED) is 0.773. The first kappa shape index (κ1) is 14.2. The third-order valence-electron chi connectivity index (χ3n) is 2.83. The molecular weight excluding hydrogens is 328 g/mol. The molecule has 0 aliphatic carbocycles. The van der Waals surface area contributed by atoms with Crippen LogP contribution in [0.5, 0.6) is 5.75 Å². The smallest absolute Gasteiger partial charge is 0.137 e. The van der Waals surface area contributed by atoms with E-state index in [1.54, 1.807) is 13.3 Å². The molecule has 2 rings (SSSR count). The third kappa shape index (κ3) is 3.19. The molecule has 0 spiro atoms. The maximum Gasteiger partial charge on any atom is 0.137 e. The lowest BCUT2D eigenvalue weighted by Crippen LogP contribution is -2.13. The van der Waals surface area contributed by atoms with Gasteiger partial charge in [-0.25, -0.2) is 4.98 Å². The summed E-state index contributed by atoms with van der Waals surface area (Å²) in [6, 6.07) is 9.80. The van der Waals surface area contributed by atoms with E-state index in [0.29, 0.717) is 5.88 Å². The monoisotopic (exact) mass is 340 g/mol. The molecule has 0 fully saturated rings. The maximum atomic E-state index is 5.98. The van der Waals surface area contributed by atoms with Crippen molar-refractivity contribution in [3.8, 4) is 5.75 Å². The van der Waals surface area contributed by atoms with Crippen LogP contribution in [0.2, 0.25) is 0 Å². The van der Waals surface area contributed by atoms with Gasteiger partial charge in [0.05, 0.1) is 13.0 Å². The van der Waals surface area contributed by atoms with Crippen molar-refractivity contribution in [3.05, 3.63) is 46.6 Å². The number of nitrogens with zero attached hydrogens (tertiary/aromatic N) is 2. The largest absolute Gasteiger partial charge is 0.497 e. The van der Waals surface area contributed by atoms with Crippen LogP contribution in [0.1, 0.15) is 5.56 Å². The Balaban J connectivity index is 2.34. The summed E-state index contributed by atoms with van der Waals surface area (Å²) >= 11 is 9.38. The first-order valence-corrected chi connectivity index (χ1v) is 7.06. The summed E-state index contributed by atoms with van der Waals surface area (Å²) in [5.74, 6) is 2.10. The molecule has 2 aromatic rings. The van der Waals surface area contributed by atoms with Crippen molar-refractivity contribution in [1.82, 2.24) is 4.98 Å². The number of anilines is 2. The van der Waals surface area contributed by atoms with Crippen LogP contribution in [0, 0.1) is 0 Å². The topological polar surface area (TPSA) is 25.4 Å². The molecule has 0 radical (unpaired) electrons. The number of pyridine rings is 1. The van der Waals surface area contributed by atoms with E-state index in [0.717, 1.165) is 27.3 Å². The minimum atomic E-state index is 0.419. The maximum absolute atomic E-state index is 5.98. The SMILES string of the molecule is COc1ccc(N(C)c2ncc(Br)cc2CCl)cc1. The lowest BCUT2D eigenvalue weighted by molar-refractivity contribution is 0.415. The number of aromatic nitrogens is 1. The number of halogens is 2. The fraction of sp³-hybridized carbons (Fsp3) is 0.214. The van der Waals surface area contributed by atoms with Crippen molar-refractivity contribution in [2.45, 2.75) is 5.88 Å². The molecular formula is C14H14BrClN2O. The van der Waals surface area contributed by atoms with E-state index >= 15 is 0 Å². The van der Waals surface area contributed by atoms with E-state index < -0.39 is 0 Å². The first-order chi connectivity index (χ1) is 9.15. The summed E-state index contributed by atoms with van der Waals surface area (Å²) in [7, 11) is 3.62. The number of hydrogen-bond acceptors (Lipinski definition) is 3. The van der Waals surface area contributed by atoms with E-state index in [-0.39, 0.29) is 0 Å². The molecule has 0 unspecified atom stereocenters. The molecule has 1 heterocycles. The number of alkyl halides is 1. The van der Waals surface area contributed by atoms with Gasteiger partial charge in [0, 0.05) is 29.0 Å². The second-order valence-corrected chi connectivity index (χ2v) is 5.21. The van der Waals surface area contributed by atoms with Crippen molar-refractivity contribution in [1.29, 1.82) is 0 Å². The van der Waals surface area contributed by atoms with Gasteiger partial charge in [0.2, 0.25) is 0 Å². The van der Waals surface area contributed by atoms with Crippen LogP contribution in [-0.2, 0) is 5.88 Å². The molecule has 0 atom stereocenters. The van der Waals surface area contributed by atoms with Gasteiger partial charge in [-0.15, -0.1) is 11.6 Å². The van der Waals surface area contributed by atoms with Crippen LogP contribution in [0.25, 0.3) is 0 Å². The highest BCUT2D eigenvalue weighted by atomic mass is 79.9. The highest BCUT2D eigenvalue weighted by Gasteiger charge is 2.11. The highest BCUT2D eigenvalue weighted by Crippen LogP contribution is 2.29. The summed E-state index contributed by atoms with van der Waals surface area (Å²) in [6.45, 7) is 0. The van der Waals surface area contributed by atoms with E-state index in [9.17, 15) is 0 Å². The average Bonchev–Trinajstić information content (AvgIpc) is 2.46. The molecule has 3 nitrogen and oxygen atoms in total. The van der Waals surface area contributed by atoms with Gasteiger partial charge in [-0.1, -0.05) is 0 Å². The number of rotatable bonds is 4. The van der Waals surface area contributed by atoms with E-state index in [1.165, 1.54) is 0 Å². The van der Waals surface area contributed by atoms with Crippen LogP contribution in [0.15, 0.2) is 41.0 Å². The predicted molar refractivity (Wildman–Crippen MR) is 82.6 cm³/mol. The van der Waals surface area contributed by atoms with Gasteiger partial charge in [-0.05, 0) is 46.3 Å². The van der Waals surface area contributed by atoms with E-state index in [4.69, 9.17) is 16.3 Å². The fourth-order valence-electron chi connectivity index (χ4n) is 1.80. The van der Waals surface area contributed by atoms with Crippen LogP contribution in [0.4, 0.5) is 11.5 Å². The van der Waals surface area contributed by atoms with Gasteiger partial charge in [0.15, 0.2) is 0 Å². The Morgan fingerprint density at radius 3 is 2.58 bits per heavy atom. The standard InChI is InChI=1S/C14H14BrClN2O/c1-18(12-3-5-13(19-2)6-4-12)14-10(8-16)7-11(15)9-17-14/h3-7,9H,8H2,1-2H3. The molecule has 100 valence electrons. The van der Waals surface area contributed by atoms with Crippen molar-refractivity contribution in [2.75, 3.05) is 19.1 Å². The molecule has 0 aliphatic heterocycles. The molecule has 0 saturated heterocycles. The number of hydrogen-bond donors (Lipinski definition) is 0. The minimum Gasteiger partial charge on any atom is -0.497 e. The van der Waals surface area contributed by atoms with Crippen LogP contribution in [-0.4, -0.2) is 19.1 Å². The second-order valence-electron chi connectivity index (χ2n) is 4.03. The van der Waals surface area contributed by atoms with Gasteiger partial charge in [-0.3, -0.25) is 0 Å². The van der Waals surface area contributed by atoms with E-state index in [2.05, 4.69) is 20.9 Å². The fourth-order valence-corrected chi connectivity index (χ4v) is 2.38. The predicted octanol–water partition coefficient (Wildman–Crippen LogP) is 4.36. The summed E-state index contributed by atoms with van der Waals surface area (Å²) in [4.78, 5) is 6.43. The lowest BCUT2D eigenvalue weighted by atomic mass is 10.2. The Bertz CT molecular complexity index is 560. The molecule has 1 aromatic heterocycles. The average molecular weight is 342 g/mol. The van der Waals surface area contributed by atoms with Crippen molar-refractivity contribution in [3.63, 3.8) is 0 Å². The van der Waals surface area contributed by atoms with E-state index in [1.807, 2.05) is 42.3 Å². The van der Waals surface area contributed by atoms with Crippen LogP contribution >= 0.6 is 27.5 Å². The second kappa shape index (κ2) is 6.26. The Labute approximate surface area is 126 Å². The summed E-state index contributed by atoms with van der Waals surface area (Å²) in [5.41, 5.74) is 2.01. The van der Waals surface area contributed by atoms with Gasteiger partial charge in [0.1, 0.15) is 11.6 Å². The summed E-state index contributed by atoms with van der Waals surface area (Å²) in [5, 5.41) is 0. The number of benzene rings is 1. The van der Waals surface area contributed by atoms with Gasteiger partial charge in [0.25, 0.3) is 0 Å². The summed E-state index contributed by atoms with van der Waals surface area (Å²) < 4.78 is 6.08. The zero-order valence-electron chi connectivity index (χ0n) is 10.7. The molecule has 0 aliphatic rings. The molecule has 1 aromatic carbocycles. The van der Waals surface area contributed by atoms with Gasteiger partial charge in [-0.2, -0.15) is 0 Å². The van der Waals surface area contributed by atoms with Crippen LogP contribution in [0.3, 0.4) is 0 Å². The Morgan fingerprint density at radius 1 is 1.32 bits per heavy atom. The molecule has 0 bridgehead atoms. The van der Waals surface area contributed by atoms with Crippen molar-refractivity contribution in [2.24, 2.45) is 0 Å². The number of methoxy groups -OCH3 is 1. The highest BCUT2D eigenvalue weighted by molar-refractivity contribution is 9.10. The van der Waals surface area contributed by atoms with Crippen molar-refractivity contribution >= 4 is 39.0 Å². The molecule has 0 saturated carbocycles. The molecule has 19 heavy (non-hydrogen) atoms. The third-order valence-corrected chi connectivity index (χ3v) is 3.55. The molecule has 0 N–H and O–H groups in total. The van der Waals surface area contributed by atoms with Gasteiger partial charge >= 0.3 is 0 Å². The summed E-state index contributed by atoms with van der Waals surface area (Å²) in [6.07, 6.45) is 1.77. The van der Waals surface area contributed by atoms with Gasteiger partial charge < -0.3 is 9.64 Å². The van der Waals surface area contributed by atoms with Crippen molar-refractivity contribution < 1.29 is 4.74 Å². The Morgan fingerprint density at radius 2 is 2.00 bits per heavy atom. The zero-order valence-corrected chi connectivity index (χ0v) is 13.1. The Kier molecular flexibility index (Phi) is 4.66. The lowest BCUT2D eigenvalue weighted by Gasteiger charge is -2.21. The normalized spacial score (nSPS) is 10.3. The Hall–Kier alpha value is -1.26. The van der Waals surface area contributed by atoms with Crippen LogP contribution < -0.4 is 9.64 Å². The molecule has 0 amide bonds. The first-order valence-electron chi connectivity index (χ1n) is 5.74. The zero-order chi connectivity index (χ0) is 13.8.